The lowest BCUT2D eigenvalue weighted by Crippen LogP contribution is -2.19. The molecule has 0 spiro atoms. The SMILES string of the molecule is CC(N)CC(C)Cc1ccc(F)cc1Cl. The number of hydrogen-bond acceptors (Lipinski definition) is 1. The highest BCUT2D eigenvalue weighted by molar-refractivity contribution is 6.31. The molecule has 3 heteroatoms. The van der Waals surface area contributed by atoms with Crippen LogP contribution in [0.3, 0.4) is 0 Å². The second-order valence-corrected chi connectivity index (χ2v) is 4.67. The molecular weight excluding hydrogens is 213 g/mol. The van der Waals surface area contributed by atoms with Gasteiger partial charge >= 0.3 is 0 Å². The smallest absolute Gasteiger partial charge is 0.124 e. The third-order valence-electron chi connectivity index (χ3n) is 2.36. The van der Waals surface area contributed by atoms with E-state index in [2.05, 4.69) is 6.92 Å². The van der Waals surface area contributed by atoms with E-state index in [1.165, 1.54) is 12.1 Å². The zero-order valence-corrected chi connectivity index (χ0v) is 9.89. The lowest BCUT2D eigenvalue weighted by molar-refractivity contribution is 0.479. The molecule has 1 rings (SSSR count). The van der Waals surface area contributed by atoms with E-state index in [0.29, 0.717) is 10.9 Å². The molecule has 84 valence electrons. The van der Waals surface area contributed by atoms with Crippen molar-refractivity contribution in [3.05, 3.63) is 34.6 Å². The molecule has 0 radical (unpaired) electrons. The molecule has 0 saturated carbocycles. The molecule has 0 fully saturated rings. The number of halogens is 2. The van der Waals surface area contributed by atoms with Crippen LogP contribution in [0.5, 0.6) is 0 Å². The second kappa shape index (κ2) is 5.47. The fraction of sp³-hybridized carbons (Fsp3) is 0.500. The summed E-state index contributed by atoms with van der Waals surface area (Å²) in [6, 6.07) is 4.74. The van der Waals surface area contributed by atoms with Gasteiger partial charge in [-0.15, -0.1) is 0 Å². The minimum absolute atomic E-state index is 0.194. The summed E-state index contributed by atoms with van der Waals surface area (Å²) in [4.78, 5) is 0. The van der Waals surface area contributed by atoms with Crippen molar-refractivity contribution in [3.8, 4) is 0 Å². The Morgan fingerprint density at radius 2 is 2.07 bits per heavy atom. The van der Waals surface area contributed by atoms with Crippen LogP contribution in [0.2, 0.25) is 5.02 Å². The van der Waals surface area contributed by atoms with Crippen LogP contribution in [0.4, 0.5) is 4.39 Å². The van der Waals surface area contributed by atoms with E-state index in [1.54, 1.807) is 6.07 Å². The van der Waals surface area contributed by atoms with Crippen molar-refractivity contribution < 1.29 is 4.39 Å². The standard InChI is InChI=1S/C12H17ClFN/c1-8(5-9(2)15)6-10-3-4-11(14)7-12(10)13/h3-4,7-9H,5-6,15H2,1-2H3. The molecular formula is C12H17ClFN. The van der Waals surface area contributed by atoms with Gasteiger partial charge in [-0.05, 0) is 43.4 Å². The van der Waals surface area contributed by atoms with Crippen molar-refractivity contribution in [1.29, 1.82) is 0 Å². The van der Waals surface area contributed by atoms with Gasteiger partial charge in [-0.2, -0.15) is 0 Å². The number of nitrogens with two attached hydrogens (primary N) is 1. The largest absolute Gasteiger partial charge is 0.328 e. The van der Waals surface area contributed by atoms with Crippen molar-refractivity contribution in [2.24, 2.45) is 11.7 Å². The molecule has 0 aromatic heterocycles. The third kappa shape index (κ3) is 4.18. The Morgan fingerprint density at radius 1 is 1.40 bits per heavy atom. The fourth-order valence-corrected chi connectivity index (χ4v) is 2.03. The Hall–Kier alpha value is -0.600. The van der Waals surface area contributed by atoms with E-state index in [9.17, 15) is 4.39 Å². The Balaban J connectivity index is 2.64. The van der Waals surface area contributed by atoms with E-state index < -0.39 is 0 Å². The maximum Gasteiger partial charge on any atom is 0.124 e. The predicted octanol–water partition coefficient (Wildman–Crippen LogP) is 3.40. The Bertz CT molecular complexity index is 325. The lowest BCUT2D eigenvalue weighted by Gasteiger charge is -2.14. The zero-order chi connectivity index (χ0) is 11.4. The first kappa shape index (κ1) is 12.5. The summed E-state index contributed by atoms with van der Waals surface area (Å²) >= 11 is 5.94. The Kier molecular flexibility index (Phi) is 4.55. The van der Waals surface area contributed by atoms with Crippen LogP contribution >= 0.6 is 11.6 Å². The highest BCUT2D eigenvalue weighted by atomic mass is 35.5. The van der Waals surface area contributed by atoms with Crippen molar-refractivity contribution in [3.63, 3.8) is 0 Å². The van der Waals surface area contributed by atoms with Crippen LogP contribution in [0.25, 0.3) is 0 Å². The van der Waals surface area contributed by atoms with Crippen molar-refractivity contribution in [2.45, 2.75) is 32.7 Å². The lowest BCUT2D eigenvalue weighted by atomic mass is 9.95. The molecule has 2 atom stereocenters. The van der Waals surface area contributed by atoms with Gasteiger partial charge in [0.2, 0.25) is 0 Å². The van der Waals surface area contributed by atoms with Gasteiger partial charge in [-0.3, -0.25) is 0 Å². The van der Waals surface area contributed by atoms with Gasteiger partial charge < -0.3 is 5.73 Å². The molecule has 0 heterocycles. The maximum absolute atomic E-state index is 12.8. The summed E-state index contributed by atoms with van der Waals surface area (Å²) < 4.78 is 12.8. The van der Waals surface area contributed by atoms with Crippen LogP contribution in [-0.2, 0) is 6.42 Å². The van der Waals surface area contributed by atoms with Crippen LogP contribution < -0.4 is 5.73 Å². The van der Waals surface area contributed by atoms with Crippen molar-refractivity contribution in [2.75, 3.05) is 0 Å². The monoisotopic (exact) mass is 229 g/mol. The van der Waals surface area contributed by atoms with Crippen LogP contribution in [-0.4, -0.2) is 6.04 Å². The van der Waals surface area contributed by atoms with Gasteiger partial charge in [0.25, 0.3) is 0 Å². The number of rotatable bonds is 4. The molecule has 0 aliphatic carbocycles. The normalized spacial score (nSPS) is 15.0. The average molecular weight is 230 g/mol. The van der Waals surface area contributed by atoms with Gasteiger partial charge in [-0.25, -0.2) is 4.39 Å². The van der Waals surface area contributed by atoms with E-state index in [4.69, 9.17) is 17.3 Å². The highest BCUT2D eigenvalue weighted by Crippen LogP contribution is 2.21. The summed E-state index contributed by atoms with van der Waals surface area (Å²) in [6.45, 7) is 4.12. The maximum atomic E-state index is 12.8. The molecule has 0 aliphatic heterocycles. The fourth-order valence-electron chi connectivity index (χ4n) is 1.78. The quantitative estimate of drug-likeness (QED) is 0.842. The van der Waals surface area contributed by atoms with E-state index in [0.717, 1.165) is 18.4 Å². The predicted molar refractivity (Wildman–Crippen MR) is 62.5 cm³/mol. The molecule has 2 unspecified atom stereocenters. The first-order valence-corrected chi connectivity index (χ1v) is 5.56. The van der Waals surface area contributed by atoms with Gasteiger partial charge in [-0.1, -0.05) is 24.6 Å². The second-order valence-electron chi connectivity index (χ2n) is 4.26. The van der Waals surface area contributed by atoms with Gasteiger partial charge in [0.05, 0.1) is 0 Å². The molecule has 2 N–H and O–H groups in total. The minimum Gasteiger partial charge on any atom is -0.328 e. The first-order valence-electron chi connectivity index (χ1n) is 5.18. The van der Waals surface area contributed by atoms with E-state index >= 15 is 0 Å². The van der Waals surface area contributed by atoms with Crippen LogP contribution in [0.15, 0.2) is 18.2 Å². The molecule has 1 aromatic carbocycles. The molecule has 1 aromatic rings. The van der Waals surface area contributed by atoms with Crippen LogP contribution in [0.1, 0.15) is 25.8 Å². The topological polar surface area (TPSA) is 26.0 Å². The molecule has 0 amide bonds. The van der Waals surface area contributed by atoms with E-state index in [-0.39, 0.29) is 11.9 Å². The van der Waals surface area contributed by atoms with Gasteiger partial charge in [0.1, 0.15) is 5.82 Å². The summed E-state index contributed by atoms with van der Waals surface area (Å²) in [7, 11) is 0. The van der Waals surface area contributed by atoms with E-state index in [1.807, 2.05) is 6.92 Å². The summed E-state index contributed by atoms with van der Waals surface area (Å²) in [5.41, 5.74) is 6.71. The molecule has 0 bridgehead atoms. The summed E-state index contributed by atoms with van der Waals surface area (Å²) in [5.74, 6) is 0.177. The average Bonchev–Trinajstić information content (AvgIpc) is 2.08. The number of benzene rings is 1. The molecule has 0 saturated heterocycles. The minimum atomic E-state index is -0.288. The molecule has 0 aliphatic rings. The molecule has 1 nitrogen and oxygen atoms in total. The first-order chi connectivity index (χ1) is 6.99. The highest BCUT2D eigenvalue weighted by Gasteiger charge is 2.09. The summed E-state index contributed by atoms with van der Waals surface area (Å²) in [5, 5.41) is 0.506. The van der Waals surface area contributed by atoms with Gasteiger partial charge in [0, 0.05) is 11.1 Å². The Labute approximate surface area is 95.4 Å². The number of hydrogen-bond donors (Lipinski definition) is 1. The summed E-state index contributed by atoms with van der Waals surface area (Å²) in [6.07, 6.45) is 1.80. The zero-order valence-electron chi connectivity index (χ0n) is 9.13. The van der Waals surface area contributed by atoms with Crippen molar-refractivity contribution >= 4 is 11.6 Å². The van der Waals surface area contributed by atoms with Crippen LogP contribution in [0, 0.1) is 11.7 Å². The van der Waals surface area contributed by atoms with Gasteiger partial charge in [0.15, 0.2) is 0 Å². The third-order valence-corrected chi connectivity index (χ3v) is 2.71. The molecule has 15 heavy (non-hydrogen) atoms. The van der Waals surface area contributed by atoms with Crippen molar-refractivity contribution in [1.82, 2.24) is 0 Å². The Morgan fingerprint density at radius 3 is 2.60 bits per heavy atom.